The molecule has 0 N–H and O–H groups in total. The Hall–Kier alpha value is -2.34. The minimum atomic E-state index is 1.18. The molecule has 0 atom stereocenters. The number of allylic oxidation sites excluding steroid dienone is 1. The fourth-order valence-electron chi connectivity index (χ4n) is 2.59. The predicted molar refractivity (Wildman–Crippen MR) is 86.3 cm³/mol. The largest absolute Gasteiger partial charge is 0.0984 e. The van der Waals surface area contributed by atoms with Crippen molar-refractivity contribution in [3.63, 3.8) is 0 Å². The summed E-state index contributed by atoms with van der Waals surface area (Å²) in [6.07, 6.45) is 6.13. The standard InChI is InChI=1S/C19H16/c1-3-7-16-13-19-17(12-14(16)4-2)11-10-15-8-5-6-9-18(15)19/h3-13H,2H2,1H3/b7-3-. The summed E-state index contributed by atoms with van der Waals surface area (Å²) in [5.74, 6) is 0. The third-order valence-electron chi connectivity index (χ3n) is 3.51. The summed E-state index contributed by atoms with van der Waals surface area (Å²) in [5, 5.41) is 5.16. The molecule has 92 valence electrons. The molecule has 0 radical (unpaired) electrons. The van der Waals surface area contributed by atoms with Crippen molar-refractivity contribution >= 4 is 33.7 Å². The zero-order valence-corrected chi connectivity index (χ0v) is 11.1. The maximum atomic E-state index is 3.91. The summed E-state index contributed by atoms with van der Waals surface area (Å²) in [7, 11) is 0. The van der Waals surface area contributed by atoms with Gasteiger partial charge in [-0.1, -0.05) is 61.2 Å². The predicted octanol–water partition coefficient (Wildman–Crippen LogP) is 5.67. The average Bonchev–Trinajstić information content (AvgIpc) is 2.47. The van der Waals surface area contributed by atoms with Gasteiger partial charge in [-0.05, 0) is 51.7 Å². The van der Waals surface area contributed by atoms with Crippen LogP contribution in [0.4, 0.5) is 0 Å². The molecule has 3 aromatic carbocycles. The molecule has 0 nitrogen and oxygen atoms in total. The van der Waals surface area contributed by atoms with Crippen LogP contribution in [0.1, 0.15) is 18.1 Å². The van der Waals surface area contributed by atoms with Crippen molar-refractivity contribution in [1.29, 1.82) is 0 Å². The molecule has 0 heterocycles. The van der Waals surface area contributed by atoms with Gasteiger partial charge in [0, 0.05) is 0 Å². The Labute approximate surface area is 113 Å². The van der Waals surface area contributed by atoms with Crippen LogP contribution in [0.25, 0.3) is 33.7 Å². The molecule has 0 bridgehead atoms. The molecule has 0 saturated heterocycles. The van der Waals surface area contributed by atoms with E-state index in [-0.39, 0.29) is 0 Å². The lowest BCUT2D eigenvalue weighted by Gasteiger charge is -2.08. The SMILES string of the molecule is C=Cc1cc2ccc3ccccc3c2cc1/C=C\C. The number of hydrogen-bond acceptors (Lipinski definition) is 0. The number of fused-ring (bicyclic) bond motifs is 3. The van der Waals surface area contributed by atoms with E-state index in [1.54, 1.807) is 0 Å². The van der Waals surface area contributed by atoms with Gasteiger partial charge in [0.05, 0.1) is 0 Å². The fourth-order valence-corrected chi connectivity index (χ4v) is 2.59. The summed E-state index contributed by atoms with van der Waals surface area (Å²) >= 11 is 0. The van der Waals surface area contributed by atoms with E-state index in [0.717, 1.165) is 0 Å². The van der Waals surface area contributed by atoms with Crippen LogP contribution in [-0.4, -0.2) is 0 Å². The Bertz CT molecular complexity index is 792. The smallest absolute Gasteiger partial charge is 0.00990 e. The van der Waals surface area contributed by atoms with Gasteiger partial charge in [0.15, 0.2) is 0 Å². The van der Waals surface area contributed by atoms with Crippen LogP contribution in [-0.2, 0) is 0 Å². The minimum Gasteiger partial charge on any atom is -0.0984 e. The molecule has 0 heteroatoms. The molecule has 0 saturated carbocycles. The molecule has 19 heavy (non-hydrogen) atoms. The first-order valence-electron chi connectivity index (χ1n) is 6.54. The number of hydrogen-bond donors (Lipinski definition) is 0. The van der Waals surface area contributed by atoms with E-state index in [1.165, 1.54) is 32.7 Å². The van der Waals surface area contributed by atoms with E-state index < -0.39 is 0 Å². The van der Waals surface area contributed by atoms with Gasteiger partial charge in [-0.15, -0.1) is 0 Å². The maximum Gasteiger partial charge on any atom is -0.00990 e. The van der Waals surface area contributed by atoms with Crippen molar-refractivity contribution in [3.8, 4) is 0 Å². The summed E-state index contributed by atoms with van der Waals surface area (Å²) in [5.41, 5.74) is 2.40. The lowest BCUT2D eigenvalue weighted by molar-refractivity contribution is 1.66. The van der Waals surface area contributed by atoms with Crippen molar-refractivity contribution < 1.29 is 0 Å². The second kappa shape index (κ2) is 4.74. The highest BCUT2D eigenvalue weighted by molar-refractivity contribution is 6.08. The van der Waals surface area contributed by atoms with Crippen LogP contribution in [0.5, 0.6) is 0 Å². The van der Waals surface area contributed by atoms with Gasteiger partial charge in [0.1, 0.15) is 0 Å². The number of rotatable bonds is 2. The van der Waals surface area contributed by atoms with Crippen LogP contribution >= 0.6 is 0 Å². The highest BCUT2D eigenvalue weighted by Gasteiger charge is 2.03. The van der Waals surface area contributed by atoms with E-state index in [9.17, 15) is 0 Å². The van der Waals surface area contributed by atoms with Crippen molar-refractivity contribution in [2.75, 3.05) is 0 Å². The van der Waals surface area contributed by atoms with Crippen molar-refractivity contribution in [2.24, 2.45) is 0 Å². The lowest BCUT2D eigenvalue weighted by Crippen LogP contribution is -1.84. The molecule has 0 aromatic heterocycles. The molecule has 0 aliphatic heterocycles. The monoisotopic (exact) mass is 244 g/mol. The van der Waals surface area contributed by atoms with E-state index in [2.05, 4.69) is 67.3 Å². The van der Waals surface area contributed by atoms with Gasteiger partial charge in [-0.3, -0.25) is 0 Å². The zero-order chi connectivity index (χ0) is 13.2. The first kappa shape index (κ1) is 11.7. The van der Waals surface area contributed by atoms with Crippen LogP contribution < -0.4 is 0 Å². The highest BCUT2D eigenvalue weighted by atomic mass is 14.1. The molecule has 0 spiro atoms. The lowest BCUT2D eigenvalue weighted by atomic mass is 9.96. The van der Waals surface area contributed by atoms with Crippen molar-refractivity contribution in [1.82, 2.24) is 0 Å². The van der Waals surface area contributed by atoms with Crippen molar-refractivity contribution in [2.45, 2.75) is 6.92 Å². The summed E-state index contributed by atoms with van der Waals surface area (Å²) in [6, 6.07) is 17.4. The first-order valence-corrected chi connectivity index (χ1v) is 6.54. The van der Waals surface area contributed by atoms with Crippen LogP contribution in [0, 0.1) is 0 Å². The van der Waals surface area contributed by atoms with Crippen LogP contribution in [0.15, 0.2) is 61.2 Å². The molecule has 3 aromatic rings. The topological polar surface area (TPSA) is 0 Å². The van der Waals surface area contributed by atoms with E-state index >= 15 is 0 Å². The molecule has 0 unspecified atom stereocenters. The molecule has 3 rings (SSSR count). The normalized spacial score (nSPS) is 11.4. The van der Waals surface area contributed by atoms with Crippen molar-refractivity contribution in [3.05, 3.63) is 72.3 Å². The molecular weight excluding hydrogens is 228 g/mol. The Balaban J connectivity index is 2.45. The van der Waals surface area contributed by atoms with Gasteiger partial charge < -0.3 is 0 Å². The second-order valence-electron chi connectivity index (χ2n) is 4.69. The Morgan fingerprint density at radius 2 is 1.63 bits per heavy atom. The van der Waals surface area contributed by atoms with Crippen LogP contribution in [0.3, 0.4) is 0 Å². The zero-order valence-electron chi connectivity index (χ0n) is 11.1. The second-order valence-corrected chi connectivity index (χ2v) is 4.69. The van der Waals surface area contributed by atoms with E-state index in [4.69, 9.17) is 0 Å². The van der Waals surface area contributed by atoms with Gasteiger partial charge >= 0.3 is 0 Å². The molecule has 0 fully saturated rings. The molecule has 0 aliphatic rings. The Morgan fingerprint density at radius 1 is 0.842 bits per heavy atom. The van der Waals surface area contributed by atoms with E-state index in [1.807, 2.05) is 13.0 Å². The van der Waals surface area contributed by atoms with Gasteiger partial charge in [-0.25, -0.2) is 0 Å². The summed E-state index contributed by atoms with van der Waals surface area (Å²) < 4.78 is 0. The van der Waals surface area contributed by atoms with Gasteiger partial charge in [0.25, 0.3) is 0 Å². The van der Waals surface area contributed by atoms with Gasteiger partial charge in [-0.2, -0.15) is 0 Å². The minimum absolute atomic E-state index is 1.18. The molecular formula is C19H16. The van der Waals surface area contributed by atoms with E-state index in [0.29, 0.717) is 0 Å². The highest BCUT2D eigenvalue weighted by Crippen LogP contribution is 2.29. The summed E-state index contributed by atoms with van der Waals surface area (Å²) in [6.45, 7) is 5.95. The Morgan fingerprint density at radius 3 is 2.42 bits per heavy atom. The third kappa shape index (κ3) is 1.96. The molecule has 0 aliphatic carbocycles. The van der Waals surface area contributed by atoms with Gasteiger partial charge in [0.2, 0.25) is 0 Å². The molecule has 0 amide bonds. The average molecular weight is 244 g/mol. The maximum absolute atomic E-state index is 3.91. The number of benzene rings is 3. The van der Waals surface area contributed by atoms with Crippen LogP contribution in [0.2, 0.25) is 0 Å². The Kier molecular flexibility index (Phi) is 2.92. The third-order valence-corrected chi connectivity index (χ3v) is 3.51. The summed E-state index contributed by atoms with van der Waals surface area (Å²) in [4.78, 5) is 0. The first-order chi connectivity index (χ1) is 9.33. The fraction of sp³-hybridized carbons (Fsp3) is 0.0526. The quantitative estimate of drug-likeness (QED) is 0.509.